The average Bonchev–Trinajstić information content (AvgIpc) is 3.21. The van der Waals surface area contributed by atoms with Crippen molar-refractivity contribution in [1.29, 1.82) is 0 Å². The van der Waals surface area contributed by atoms with Gasteiger partial charge in [0.05, 0.1) is 23.7 Å². The molecule has 9 nitrogen and oxygen atoms in total. The molecular weight excluding hydrogens is 496 g/mol. The van der Waals surface area contributed by atoms with Crippen LogP contribution in [0, 0.1) is 23.7 Å². The van der Waals surface area contributed by atoms with Crippen LogP contribution in [0.3, 0.4) is 0 Å². The first-order valence-electron chi connectivity index (χ1n) is 14.0. The Balaban J connectivity index is 1.68. The number of fused-ring (bicyclic) bond motifs is 1. The molecule has 1 amide bonds. The van der Waals surface area contributed by atoms with Gasteiger partial charge in [-0.1, -0.05) is 57.5 Å². The maximum atomic E-state index is 13.6. The molecule has 6 N–H and O–H groups in total. The van der Waals surface area contributed by atoms with Crippen molar-refractivity contribution < 1.29 is 20.1 Å². The first kappa shape index (κ1) is 29.0. The lowest BCUT2D eigenvalue weighted by molar-refractivity contribution is -0.0297. The van der Waals surface area contributed by atoms with E-state index in [4.69, 9.17) is 5.73 Å². The zero-order chi connectivity index (χ0) is 28.3. The number of carbonyl (C=O) groups is 1. The predicted octanol–water partition coefficient (Wildman–Crippen LogP) is 2.79. The lowest BCUT2D eigenvalue weighted by atomic mass is 9.69. The Morgan fingerprint density at radius 2 is 1.79 bits per heavy atom. The number of hydrogen-bond acceptors (Lipinski definition) is 6. The van der Waals surface area contributed by atoms with Crippen molar-refractivity contribution in [2.75, 3.05) is 13.2 Å². The molecule has 1 aromatic heterocycles. The predicted molar refractivity (Wildman–Crippen MR) is 151 cm³/mol. The highest BCUT2D eigenvalue weighted by Gasteiger charge is 2.37. The molecule has 1 saturated carbocycles. The van der Waals surface area contributed by atoms with E-state index in [1.54, 1.807) is 42.5 Å². The van der Waals surface area contributed by atoms with Crippen LogP contribution < -0.4 is 16.7 Å². The molecule has 0 aliphatic heterocycles. The van der Waals surface area contributed by atoms with Crippen LogP contribution in [-0.4, -0.2) is 49.6 Å². The van der Waals surface area contributed by atoms with E-state index in [1.807, 2.05) is 6.07 Å². The Bertz CT molecular complexity index is 1320. The Hall–Kier alpha value is -2.98. The number of benzene rings is 2. The van der Waals surface area contributed by atoms with Gasteiger partial charge in [0.15, 0.2) is 0 Å². The molecule has 212 valence electrons. The summed E-state index contributed by atoms with van der Waals surface area (Å²) in [6.45, 7) is 6.52. The third-order valence-electron chi connectivity index (χ3n) is 8.33. The molecule has 6 atom stereocenters. The van der Waals surface area contributed by atoms with E-state index in [1.165, 1.54) is 9.13 Å². The molecule has 39 heavy (non-hydrogen) atoms. The summed E-state index contributed by atoms with van der Waals surface area (Å²) in [4.78, 5) is 26.8. The van der Waals surface area contributed by atoms with Crippen molar-refractivity contribution in [2.24, 2.45) is 29.4 Å². The SMILES string of the molecule is CC(C)[C@@H]1CC[C@@H](C)C[C@H]1[C@H](O)n1c(=O)n(CCN)c2cc(C(=O)N[C@@H](CO)[C@@H](O)c3ccccc3)ccc21. The molecule has 0 spiro atoms. The molecule has 4 rings (SSSR count). The van der Waals surface area contributed by atoms with E-state index < -0.39 is 30.9 Å². The van der Waals surface area contributed by atoms with Gasteiger partial charge in [0.25, 0.3) is 5.91 Å². The van der Waals surface area contributed by atoms with Crippen molar-refractivity contribution in [3.05, 3.63) is 70.1 Å². The van der Waals surface area contributed by atoms with E-state index >= 15 is 0 Å². The minimum absolute atomic E-state index is 0.0591. The number of nitrogens with two attached hydrogens (primary N) is 1. The van der Waals surface area contributed by atoms with Crippen molar-refractivity contribution in [2.45, 2.75) is 65.0 Å². The zero-order valence-corrected chi connectivity index (χ0v) is 23.0. The minimum atomic E-state index is -1.10. The van der Waals surface area contributed by atoms with Crippen LogP contribution in [0.2, 0.25) is 0 Å². The Morgan fingerprint density at radius 3 is 2.44 bits per heavy atom. The molecule has 0 bridgehead atoms. The second-order valence-corrected chi connectivity index (χ2v) is 11.3. The van der Waals surface area contributed by atoms with Crippen LogP contribution in [0.5, 0.6) is 0 Å². The van der Waals surface area contributed by atoms with Crippen LogP contribution >= 0.6 is 0 Å². The Kier molecular flexibility index (Phi) is 9.27. The number of carbonyl (C=O) groups excluding carboxylic acids is 1. The standard InChI is InChI=1S/C30H42N4O5/c1-18(2)22-11-9-19(3)15-23(22)29(38)34-25-12-10-21(16-26(25)33(14-13-31)30(34)39)28(37)32-24(17-35)27(36)20-7-5-4-6-8-20/h4-8,10,12,16,18-19,22-24,27,29,35-36,38H,9,11,13-15,17,31H2,1-3H3,(H,32,37)/t19-,22+,23-,24+,27+,29+/m1/s1. The molecular formula is C30H42N4O5. The molecule has 1 heterocycles. The van der Waals surface area contributed by atoms with E-state index in [0.717, 1.165) is 19.3 Å². The summed E-state index contributed by atoms with van der Waals surface area (Å²) in [6.07, 6.45) is 0.882. The maximum Gasteiger partial charge on any atom is 0.331 e. The lowest BCUT2D eigenvalue weighted by Gasteiger charge is -2.40. The van der Waals surface area contributed by atoms with Gasteiger partial charge in [-0.2, -0.15) is 0 Å². The van der Waals surface area contributed by atoms with Crippen LogP contribution in [-0.2, 0) is 6.54 Å². The van der Waals surface area contributed by atoms with Gasteiger partial charge < -0.3 is 26.4 Å². The number of hydrogen-bond donors (Lipinski definition) is 5. The summed E-state index contributed by atoms with van der Waals surface area (Å²) in [5, 5.41) is 34.9. The van der Waals surface area contributed by atoms with Gasteiger partial charge in [0, 0.05) is 24.6 Å². The summed E-state index contributed by atoms with van der Waals surface area (Å²) in [5.41, 5.74) is 7.37. The van der Waals surface area contributed by atoms with Gasteiger partial charge in [-0.25, -0.2) is 4.79 Å². The number of imidazole rings is 1. The quantitative estimate of drug-likeness (QED) is 0.269. The summed E-state index contributed by atoms with van der Waals surface area (Å²) < 4.78 is 2.97. The molecule has 1 aliphatic rings. The van der Waals surface area contributed by atoms with Gasteiger partial charge in [0.2, 0.25) is 0 Å². The second kappa shape index (κ2) is 12.5. The Labute approximate surface area is 229 Å². The third-order valence-corrected chi connectivity index (χ3v) is 8.33. The van der Waals surface area contributed by atoms with Crippen LogP contribution in [0.15, 0.2) is 53.3 Å². The highest BCUT2D eigenvalue weighted by Crippen LogP contribution is 2.43. The molecule has 0 saturated heterocycles. The fourth-order valence-corrected chi connectivity index (χ4v) is 6.19. The molecule has 2 aromatic carbocycles. The van der Waals surface area contributed by atoms with Crippen molar-refractivity contribution >= 4 is 16.9 Å². The van der Waals surface area contributed by atoms with Gasteiger partial charge in [-0.05, 0) is 54.4 Å². The van der Waals surface area contributed by atoms with Crippen LogP contribution in [0.4, 0.5) is 0 Å². The molecule has 1 fully saturated rings. The number of aliphatic hydroxyl groups excluding tert-OH is 3. The van der Waals surface area contributed by atoms with Gasteiger partial charge in [-0.3, -0.25) is 13.9 Å². The molecule has 0 radical (unpaired) electrons. The van der Waals surface area contributed by atoms with E-state index in [2.05, 4.69) is 26.1 Å². The summed E-state index contributed by atoms with van der Waals surface area (Å²) in [6, 6.07) is 12.8. The zero-order valence-electron chi connectivity index (χ0n) is 23.0. The summed E-state index contributed by atoms with van der Waals surface area (Å²) in [7, 11) is 0. The topological polar surface area (TPSA) is 143 Å². The largest absolute Gasteiger partial charge is 0.394 e. The number of amides is 1. The third kappa shape index (κ3) is 5.96. The second-order valence-electron chi connectivity index (χ2n) is 11.3. The smallest absolute Gasteiger partial charge is 0.331 e. The average molecular weight is 539 g/mol. The monoisotopic (exact) mass is 538 g/mol. The lowest BCUT2D eigenvalue weighted by Crippen LogP contribution is -2.42. The van der Waals surface area contributed by atoms with Gasteiger partial charge in [-0.15, -0.1) is 0 Å². The number of nitrogens with one attached hydrogen (secondary N) is 1. The number of nitrogens with zero attached hydrogens (tertiary/aromatic N) is 2. The summed E-state index contributed by atoms with van der Waals surface area (Å²) >= 11 is 0. The summed E-state index contributed by atoms with van der Waals surface area (Å²) in [5.74, 6) is 0.593. The highest BCUT2D eigenvalue weighted by atomic mass is 16.3. The number of aliphatic hydroxyl groups is 3. The first-order valence-corrected chi connectivity index (χ1v) is 14.0. The van der Waals surface area contributed by atoms with Crippen molar-refractivity contribution in [3.8, 4) is 0 Å². The van der Waals surface area contributed by atoms with Crippen molar-refractivity contribution in [1.82, 2.24) is 14.5 Å². The molecule has 3 aromatic rings. The normalized spacial score (nSPS) is 22.1. The molecule has 1 aliphatic carbocycles. The van der Waals surface area contributed by atoms with Crippen LogP contribution in [0.25, 0.3) is 11.0 Å². The van der Waals surface area contributed by atoms with Gasteiger partial charge >= 0.3 is 5.69 Å². The van der Waals surface area contributed by atoms with Crippen molar-refractivity contribution in [3.63, 3.8) is 0 Å². The minimum Gasteiger partial charge on any atom is -0.394 e. The van der Waals surface area contributed by atoms with E-state index in [0.29, 0.717) is 34.4 Å². The number of aromatic nitrogens is 2. The first-order chi connectivity index (χ1) is 18.7. The Morgan fingerprint density at radius 1 is 1.08 bits per heavy atom. The van der Waals surface area contributed by atoms with E-state index in [9.17, 15) is 24.9 Å². The highest BCUT2D eigenvalue weighted by molar-refractivity contribution is 5.97. The number of rotatable bonds is 10. The van der Waals surface area contributed by atoms with Gasteiger partial charge in [0.1, 0.15) is 12.3 Å². The molecule has 9 heteroatoms. The van der Waals surface area contributed by atoms with E-state index in [-0.39, 0.29) is 30.3 Å². The maximum absolute atomic E-state index is 13.6. The molecule has 0 unspecified atom stereocenters. The fourth-order valence-electron chi connectivity index (χ4n) is 6.19. The van der Waals surface area contributed by atoms with Crippen LogP contribution in [0.1, 0.15) is 68.3 Å². The fraction of sp³-hybridized carbons (Fsp3) is 0.533.